The molecule has 1 heteroatoms. The number of hydrogen-bond donors (Lipinski definition) is 0. The molecule has 0 amide bonds. The Bertz CT molecular complexity index is 2980. The van der Waals surface area contributed by atoms with Crippen molar-refractivity contribution in [3.63, 3.8) is 0 Å². The van der Waals surface area contributed by atoms with Gasteiger partial charge in [-0.25, -0.2) is 0 Å². The molecule has 10 rings (SSSR count). The van der Waals surface area contributed by atoms with Crippen molar-refractivity contribution in [2.24, 2.45) is 0 Å². The fourth-order valence-corrected chi connectivity index (χ4v) is 8.19. The lowest BCUT2D eigenvalue weighted by Gasteiger charge is -2.29. The Hall–Kier alpha value is -7.22. The van der Waals surface area contributed by atoms with Gasteiger partial charge >= 0.3 is 0 Å². The summed E-state index contributed by atoms with van der Waals surface area (Å²) in [7, 11) is 0. The molecule has 55 heavy (non-hydrogen) atoms. The van der Waals surface area contributed by atoms with Gasteiger partial charge in [0.15, 0.2) is 0 Å². The van der Waals surface area contributed by atoms with Crippen LogP contribution in [0.15, 0.2) is 224 Å². The number of benzene rings is 10. The zero-order valence-corrected chi connectivity index (χ0v) is 30.3. The Morgan fingerprint density at radius 1 is 0.236 bits per heavy atom. The van der Waals surface area contributed by atoms with Crippen molar-refractivity contribution >= 4 is 49.4 Å². The van der Waals surface area contributed by atoms with Crippen molar-refractivity contribution in [3.05, 3.63) is 224 Å². The SMILES string of the molecule is c1ccc(-c2ccccc2-c2ccc(N(c3cccc(-c4ccc5ccccc5c4)c3)c3ccccc3-c3cc4ccccc4c4ccccc34)cc2)cc1. The van der Waals surface area contributed by atoms with Gasteiger partial charge < -0.3 is 4.90 Å². The lowest BCUT2D eigenvalue weighted by molar-refractivity contribution is 1.28. The molecular weight excluding hydrogens is 663 g/mol. The Kier molecular flexibility index (Phi) is 8.24. The quantitative estimate of drug-likeness (QED) is 0.150. The second-order valence-electron chi connectivity index (χ2n) is 14.1. The van der Waals surface area contributed by atoms with Crippen molar-refractivity contribution in [2.75, 3.05) is 4.90 Å². The van der Waals surface area contributed by atoms with E-state index in [0.29, 0.717) is 0 Å². The third kappa shape index (κ3) is 6.02. The van der Waals surface area contributed by atoms with Crippen LogP contribution in [0.3, 0.4) is 0 Å². The lowest BCUT2D eigenvalue weighted by atomic mass is 9.92. The van der Waals surface area contributed by atoms with E-state index in [4.69, 9.17) is 0 Å². The molecule has 0 atom stereocenters. The summed E-state index contributed by atoms with van der Waals surface area (Å²) < 4.78 is 0. The van der Waals surface area contributed by atoms with E-state index in [1.807, 2.05) is 0 Å². The minimum Gasteiger partial charge on any atom is -0.310 e. The summed E-state index contributed by atoms with van der Waals surface area (Å²) in [5.74, 6) is 0. The Morgan fingerprint density at radius 3 is 1.56 bits per heavy atom. The molecule has 0 aliphatic carbocycles. The van der Waals surface area contributed by atoms with Crippen molar-refractivity contribution in [1.29, 1.82) is 0 Å². The van der Waals surface area contributed by atoms with Crippen LogP contribution in [-0.4, -0.2) is 0 Å². The first-order chi connectivity index (χ1) is 27.3. The van der Waals surface area contributed by atoms with Crippen molar-refractivity contribution < 1.29 is 0 Å². The zero-order valence-electron chi connectivity index (χ0n) is 30.3. The minimum absolute atomic E-state index is 1.09. The molecule has 0 aliphatic rings. The molecule has 10 aromatic rings. The first kappa shape index (κ1) is 32.4. The van der Waals surface area contributed by atoms with Crippen LogP contribution in [0.25, 0.3) is 76.8 Å². The maximum Gasteiger partial charge on any atom is 0.0540 e. The van der Waals surface area contributed by atoms with Gasteiger partial charge in [-0.1, -0.05) is 182 Å². The summed E-state index contributed by atoms with van der Waals surface area (Å²) >= 11 is 0. The first-order valence-electron chi connectivity index (χ1n) is 18.9. The topological polar surface area (TPSA) is 3.24 Å². The highest BCUT2D eigenvalue weighted by atomic mass is 15.1. The summed E-state index contributed by atoms with van der Waals surface area (Å²) in [6.07, 6.45) is 0. The van der Waals surface area contributed by atoms with Crippen molar-refractivity contribution in [3.8, 4) is 44.5 Å². The summed E-state index contributed by atoms with van der Waals surface area (Å²) in [6, 6.07) is 81.5. The predicted molar refractivity (Wildman–Crippen MR) is 235 cm³/mol. The molecule has 0 bridgehead atoms. The van der Waals surface area contributed by atoms with E-state index >= 15 is 0 Å². The maximum absolute atomic E-state index is 2.43. The van der Waals surface area contributed by atoms with Gasteiger partial charge in [0.2, 0.25) is 0 Å². The van der Waals surface area contributed by atoms with Crippen LogP contribution in [0.1, 0.15) is 0 Å². The third-order valence-corrected chi connectivity index (χ3v) is 10.8. The Labute approximate surface area is 322 Å². The van der Waals surface area contributed by atoms with Crippen LogP contribution in [0.5, 0.6) is 0 Å². The number of para-hydroxylation sites is 1. The summed E-state index contributed by atoms with van der Waals surface area (Å²) in [4.78, 5) is 2.43. The average molecular weight is 700 g/mol. The van der Waals surface area contributed by atoms with Crippen molar-refractivity contribution in [2.45, 2.75) is 0 Å². The predicted octanol–water partition coefficient (Wildman–Crippen LogP) is 15.3. The summed E-state index contributed by atoms with van der Waals surface area (Å²) in [5.41, 5.74) is 12.9. The Balaban J connectivity index is 1.16. The Morgan fingerprint density at radius 2 is 0.782 bits per heavy atom. The van der Waals surface area contributed by atoms with E-state index in [0.717, 1.165) is 17.1 Å². The lowest BCUT2D eigenvalue weighted by Crippen LogP contribution is -2.11. The van der Waals surface area contributed by atoms with E-state index in [-0.39, 0.29) is 0 Å². The van der Waals surface area contributed by atoms with Crippen LogP contribution in [0.4, 0.5) is 17.1 Å². The van der Waals surface area contributed by atoms with Gasteiger partial charge in [-0.15, -0.1) is 0 Å². The third-order valence-electron chi connectivity index (χ3n) is 10.8. The van der Waals surface area contributed by atoms with Gasteiger partial charge in [0.05, 0.1) is 5.69 Å². The molecule has 0 fully saturated rings. The average Bonchev–Trinajstić information content (AvgIpc) is 3.27. The molecule has 0 saturated heterocycles. The molecule has 0 N–H and O–H groups in total. The molecule has 0 unspecified atom stereocenters. The molecule has 0 heterocycles. The van der Waals surface area contributed by atoms with Crippen LogP contribution in [-0.2, 0) is 0 Å². The number of fused-ring (bicyclic) bond motifs is 4. The smallest absolute Gasteiger partial charge is 0.0540 e. The van der Waals surface area contributed by atoms with E-state index in [1.54, 1.807) is 0 Å². The fraction of sp³-hybridized carbons (Fsp3) is 0. The molecular formula is C54H37N. The van der Waals surface area contributed by atoms with Gasteiger partial charge in [-0.05, 0) is 114 Å². The zero-order chi connectivity index (χ0) is 36.6. The normalized spacial score (nSPS) is 11.3. The van der Waals surface area contributed by atoms with Crippen LogP contribution >= 0.6 is 0 Å². The van der Waals surface area contributed by atoms with Gasteiger partial charge in [-0.3, -0.25) is 0 Å². The number of rotatable bonds is 7. The number of hydrogen-bond acceptors (Lipinski definition) is 1. The molecule has 0 radical (unpaired) electrons. The highest BCUT2D eigenvalue weighted by Crippen LogP contribution is 2.45. The fourth-order valence-electron chi connectivity index (χ4n) is 8.19. The van der Waals surface area contributed by atoms with Gasteiger partial charge in [0.25, 0.3) is 0 Å². The maximum atomic E-state index is 2.43. The van der Waals surface area contributed by atoms with Gasteiger partial charge in [0, 0.05) is 16.9 Å². The molecule has 10 aromatic carbocycles. The van der Waals surface area contributed by atoms with Crippen LogP contribution < -0.4 is 4.90 Å². The minimum atomic E-state index is 1.09. The van der Waals surface area contributed by atoms with E-state index in [9.17, 15) is 0 Å². The number of nitrogens with zero attached hydrogens (tertiary/aromatic N) is 1. The molecule has 1 nitrogen and oxygen atoms in total. The monoisotopic (exact) mass is 699 g/mol. The highest BCUT2D eigenvalue weighted by molar-refractivity contribution is 6.15. The second kappa shape index (κ2) is 14.0. The summed E-state index contributed by atoms with van der Waals surface area (Å²) in [5, 5.41) is 7.49. The van der Waals surface area contributed by atoms with Gasteiger partial charge in [-0.2, -0.15) is 0 Å². The van der Waals surface area contributed by atoms with E-state index in [2.05, 4.69) is 229 Å². The van der Waals surface area contributed by atoms with E-state index in [1.165, 1.54) is 76.8 Å². The largest absolute Gasteiger partial charge is 0.310 e. The van der Waals surface area contributed by atoms with Crippen molar-refractivity contribution in [1.82, 2.24) is 0 Å². The standard InChI is InChI=1S/C54H37N/c1-2-16-39(17-3-1)47-22-8-9-23-48(47)40-31-33-45(34-32-40)55(46-21-14-20-42(36-46)43-30-29-38-15-4-5-18-41(38)35-43)54-28-13-12-27-52(54)53-37-44-19-6-7-24-49(44)50-25-10-11-26-51(50)53/h1-37H. The van der Waals surface area contributed by atoms with Crippen LogP contribution in [0.2, 0.25) is 0 Å². The molecule has 258 valence electrons. The molecule has 0 aliphatic heterocycles. The van der Waals surface area contributed by atoms with Crippen LogP contribution in [0, 0.1) is 0 Å². The molecule has 0 spiro atoms. The van der Waals surface area contributed by atoms with E-state index < -0.39 is 0 Å². The van der Waals surface area contributed by atoms with Gasteiger partial charge in [0.1, 0.15) is 0 Å². The second-order valence-corrected chi connectivity index (χ2v) is 14.1. The first-order valence-corrected chi connectivity index (χ1v) is 18.9. The summed E-state index contributed by atoms with van der Waals surface area (Å²) in [6.45, 7) is 0. The number of anilines is 3. The highest BCUT2D eigenvalue weighted by Gasteiger charge is 2.20. The molecule has 0 aromatic heterocycles. The molecule has 0 saturated carbocycles.